The number of nitrogens with zero attached hydrogens (tertiary/aromatic N) is 2. The zero-order valence-corrected chi connectivity index (χ0v) is 23.7. The van der Waals surface area contributed by atoms with Gasteiger partial charge >= 0.3 is 6.09 Å². The maximum atomic E-state index is 13.1. The second-order valence-corrected chi connectivity index (χ2v) is 12.4. The van der Waals surface area contributed by atoms with E-state index in [1.54, 1.807) is 0 Å². The number of hydrogen-bond acceptors (Lipinski definition) is 5. The number of likely N-dealkylation sites (tertiary alicyclic amines) is 1. The Labute approximate surface area is 233 Å². The molecular weight excluding hydrogens is 488 g/mol. The predicted molar refractivity (Wildman–Crippen MR) is 157 cm³/mol. The zero-order chi connectivity index (χ0) is 27.6. The highest BCUT2D eigenvalue weighted by Crippen LogP contribution is 2.39. The largest absolute Gasteiger partial charge is 0.444 e. The van der Waals surface area contributed by atoms with E-state index in [0.29, 0.717) is 30.3 Å². The molecule has 2 aromatic rings. The summed E-state index contributed by atoms with van der Waals surface area (Å²) >= 11 is 0. The van der Waals surface area contributed by atoms with Gasteiger partial charge in [0, 0.05) is 18.8 Å². The minimum atomic E-state index is -0.605. The average molecular weight is 533 g/mol. The molecule has 210 valence electrons. The van der Waals surface area contributed by atoms with E-state index in [2.05, 4.69) is 40.5 Å². The zero-order valence-electron chi connectivity index (χ0n) is 23.7. The first-order chi connectivity index (χ1) is 18.7. The maximum absolute atomic E-state index is 13.1. The summed E-state index contributed by atoms with van der Waals surface area (Å²) in [6.45, 7) is 7.03. The normalized spacial score (nSPS) is 22.2. The minimum Gasteiger partial charge on any atom is -0.444 e. The molecule has 2 saturated heterocycles. The van der Waals surface area contributed by atoms with E-state index in [0.717, 1.165) is 31.4 Å². The summed E-state index contributed by atoms with van der Waals surface area (Å²) in [6.07, 6.45) is 9.84. The van der Waals surface area contributed by atoms with Crippen molar-refractivity contribution in [2.24, 2.45) is 0 Å². The van der Waals surface area contributed by atoms with Crippen molar-refractivity contribution in [2.45, 2.75) is 102 Å². The van der Waals surface area contributed by atoms with Crippen molar-refractivity contribution in [3.05, 3.63) is 53.6 Å². The SMILES string of the molecule is CC(C)(C)OC(=O)N1CCC[C@H]1C(=O)Nc1ccc(C2CCCN2c2ccc(C3CCCCC3)cc2)cc1N. The fraction of sp³-hybridized carbons (Fsp3) is 0.562. The summed E-state index contributed by atoms with van der Waals surface area (Å²) in [5.41, 5.74) is 10.9. The van der Waals surface area contributed by atoms with Crippen molar-refractivity contribution in [2.75, 3.05) is 29.0 Å². The lowest BCUT2D eigenvalue weighted by molar-refractivity contribution is -0.120. The Morgan fingerprint density at radius 3 is 2.26 bits per heavy atom. The maximum Gasteiger partial charge on any atom is 0.410 e. The third-order valence-electron chi connectivity index (χ3n) is 8.46. The molecule has 0 bridgehead atoms. The Kier molecular flexibility index (Phi) is 8.06. The summed E-state index contributed by atoms with van der Waals surface area (Å²) < 4.78 is 5.51. The molecule has 3 N–H and O–H groups in total. The molecule has 2 heterocycles. The molecule has 1 unspecified atom stereocenters. The van der Waals surface area contributed by atoms with Crippen LogP contribution in [0.25, 0.3) is 0 Å². The molecule has 2 amide bonds. The number of anilines is 3. The number of rotatable bonds is 5. The first-order valence-corrected chi connectivity index (χ1v) is 14.8. The van der Waals surface area contributed by atoms with Crippen LogP contribution < -0.4 is 16.0 Å². The highest BCUT2D eigenvalue weighted by molar-refractivity contribution is 5.99. The number of amides is 2. The molecule has 2 aliphatic heterocycles. The molecule has 0 spiro atoms. The molecule has 2 aromatic carbocycles. The van der Waals surface area contributed by atoms with Gasteiger partial charge in [0.2, 0.25) is 5.91 Å². The summed E-state index contributed by atoms with van der Waals surface area (Å²) in [7, 11) is 0. The van der Waals surface area contributed by atoms with Gasteiger partial charge in [0.05, 0.1) is 17.4 Å². The van der Waals surface area contributed by atoms with Crippen LogP contribution in [0.5, 0.6) is 0 Å². The van der Waals surface area contributed by atoms with E-state index in [-0.39, 0.29) is 11.9 Å². The van der Waals surface area contributed by atoms with Gasteiger partial charge in [-0.15, -0.1) is 0 Å². The fourth-order valence-corrected chi connectivity index (χ4v) is 6.49. The number of nitrogens with one attached hydrogen (secondary N) is 1. The number of benzene rings is 2. The van der Waals surface area contributed by atoms with Crippen LogP contribution >= 0.6 is 0 Å². The lowest BCUT2D eigenvalue weighted by Crippen LogP contribution is -2.45. The van der Waals surface area contributed by atoms with Gasteiger partial charge in [-0.05, 0) is 101 Å². The third kappa shape index (κ3) is 6.34. The topological polar surface area (TPSA) is 87.9 Å². The van der Waals surface area contributed by atoms with Crippen LogP contribution in [0, 0.1) is 0 Å². The van der Waals surface area contributed by atoms with Crippen molar-refractivity contribution in [1.29, 1.82) is 0 Å². The van der Waals surface area contributed by atoms with Gasteiger partial charge in [-0.25, -0.2) is 4.79 Å². The molecule has 1 saturated carbocycles. The molecule has 39 heavy (non-hydrogen) atoms. The molecule has 7 nitrogen and oxygen atoms in total. The van der Waals surface area contributed by atoms with Gasteiger partial charge in [0.25, 0.3) is 0 Å². The summed E-state index contributed by atoms with van der Waals surface area (Å²) in [5.74, 6) is 0.489. The first kappa shape index (κ1) is 27.4. The molecule has 1 aliphatic carbocycles. The first-order valence-electron chi connectivity index (χ1n) is 14.8. The number of ether oxygens (including phenoxy) is 1. The number of carbonyl (C=O) groups excluding carboxylic acids is 2. The second kappa shape index (κ2) is 11.5. The number of carbonyl (C=O) groups is 2. The molecule has 2 atom stereocenters. The van der Waals surface area contributed by atoms with E-state index in [9.17, 15) is 9.59 Å². The smallest absolute Gasteiger partial charge is 0.410 e. The van der Waals surface area contributed by atoms with Crippen molar-refractivity contribution in [1.82, 2.24) is 4.90 Å². The lowest BCUT2D eigenvalue weighted by Gasteiger charge is -2.29. The van der Waals surface area contributed by atoms with Gasteiger partial charge in [-0.1, -0.05) is 37.5 Å². The molecular formula is C32H44N4O3. The fourth-order valence-electron chi connectivity index (χ4n) is 6.49. The number of nitrogen functional groups attached to an aromatic ring is 1. The van der Waals surface area contributed by atoms with Gasteiger partial charge < -0.3 is 20.7 Å². The second-order valence-electron chi connectivity index (χ2n) is 12.4. The highest BCUT2D eigenvalue weighted by Gasteiger charge is 2.37. The van der Waals surface area contributed by atoms with E-state index >= 15 is 0 Å². The van der Waals surface area contributed by atoms with Crippen molar-refractivity contribution >= 4 is 29.1 Å². The Balaban J connectivity index is 1.25. The molecule has 0 aromatic heterocycles. The highest BCUT2D eigenvalue weighted by atomic mass is 16.6. The van der Waals surface area contributed by atoms with Crippen LogP contribution in [0.1, 0.15) is 102 Å². The molecule has 5 rings (SSSR count). The molecule has 3 fully saturated rings. The van der Waals surface area contributed by atoms with Crippen LogP contribution in [0.3, 0.4) is 0 Å². The Morgan fingerprint density at radius 2 is 1.56 bits per heavy atom. The van der Waals surface area contributed by atoms with E-state index in [1.165, 1.54) is 48.3 Å². The van der Waals surface area contributed by atoms with Gasteiger partial charge in [0.15, 0.2) is 0 Å². The monoisotopic (exact) mass is 532 g/mol. The third-order valence-corrected chi connectivity index (χ3v) is 8.46. The summed E-state index contributed by atoms with van der Waals surface area (Å²) in [6, 6.07) is 14.9. The van der Waals surface area contributed by atoms with Crippen LogP contribution in [0.2, 0.25) is 0 Å². The standard InChI is InChI=1S/C32H44N4O3/c1-32(2,3)39-31(38)36-20-8-12-29(36)30(37)34-27-18-15-24(21-26(27)33)28-11-7-19-35(28)25-16-13-23(14-17-25)22-9-5-4-6-10-22/h13-18,21-22,28-29H,4-12,19-20,33H2,1-3H3,(H,34,37)/t28?,29-/m0/s1. The van der Waals surface area contributed by atoms with Crippen molar-refractivity contribution in [3.8, 4) is 0 Å². The lowest BCUT2D eigenvalue weighted by atomic mass is 9.84. The van der Waals surface area contributed by atoms with Crippen LogP contribution in [0.15, 0.2) is 42.5 Å². The van der Waals surface area contributed by atoms with Gasteiger partial charge in [-0.3, -0.25) is 9.69 Å². The van der Waals surface area contributed by atoms with E-state index in [4.69, 9.17) is 10.5 Å². The van der Waals surface area contributed by atoms with Crippen LogP contribution in [0.4, 0.5) is 21.9 Å². The number of nitrogens with two attached hydrogens (primary N) is 1. The van der Waals surface area contributed by atoms with Gasteiger partial charge in [-0.2, -0.15) is 0 Å². The van der Waals surface area contributed by atoms with Crippen molar-refractivity contribution < 1.29 is 14.3 Å². The molecule has 3 aliphatic rings. The number of hydrogen-bond donors (Lipinski definition) is 2. The Hall–Kier alpha value is -3.22. The minimum absolute atomic E-state index is 0.224. The molecule has 7 heteroatoms. The molecule has 0 radical (unpaired) electrons. The Bertz CT molecular complexity index is 1170. The summed E-state index contributed by atoms with van der Waals surface area (Å²) in [5, 5.41) is 2.97. The quantitative estimate of drug-likeness (QED) is 0.405. The predicted octanol–water partition coefficient (Wildman–Crippen LogP) is 7.00. The van der Waals surface area contributed by atoms with Crippen LogP contribution in [-0.4, -0.2) is 41.6 Å². The van der Waals surface area contributed by atoms with E-state index < -0.39 is 17.7 Å². The van der Waals surface area contributed by atoms with E-state index in [1.807, 2.05) is 32.9 Å². The van der Waals surface area contributed by atoms with Crippen LogP contribution in [-0.2, 0) is 9.53 Å². The summed E-state index contributed by atoms with van der Waals surface area (Å²) in [4.78, 5) is 29.8. The van der Waals surface area contributed by atoms with Crippen molar-refractivity contribution in [3.63, 3.8) is 0 Å². The Morgan fingerprint density at radius 1 is 0.872 bits per heavy atom. The average Bonchev–Trinajstić information content (AvgIpc) is 3.60. The van der Waals surface area contributed by atoms with Gasteiger partial charge in [0.1, 0.15) is 11.6 Å².